The molecule has 0 aliphatic carbocycles. The lowest BCUT2D eigenvalue weighted by atomic mass is 9.99. The summed E-state index contributed by atoms with van der Waals surface area (Å²) in [7, 11) is 0. The molecule has 0 amide bonds. The van der Waals surface area contributed by atoms with Crippen LogP contribution in [-0.2, 0) is 0 Å². The van der Waals surface area contributed by atoms with Gasteiger partial charge < -0.3 is 5.11 Å². The first-order valence-corrected chi connectivity index (χ1v) is 8.82. The summed E-state index contributed by atoms with van der Waals surface area (Å²) in [5.74, 6) is -0.925. The number of pyridine rings is 1. The molecule has 1 N–H and O–H groups in total. The van der Waals surface area contributed by atoms with Crippen molar-refractivity contribution in [3.8, 4) is 0 Å². The molecular formula is C23H23NO2. The van der Waals surface area contributed by atoms with Crippen molar-refractivity contribution in [1.82, 2.24) is 4.98 Å². The maximum Gasteiger partial charge on any atom is 0.336 e. The summed E-state index contributed by atoms with van der Waals surface area (Å²) in [6.45, 7) is 6.24. The zero-order valence-electron chi connectivity index (χ0n) is 15.4. The molecule has 3 nitrogen and oxygen atoms in total. The van der Waals surface area contributed by atoms with Crippen molar-refractivity contribution in [2.45, 2.75) is 33.6 Å². The summed E-state index contributed by atoms with van der Waals surface area (Å²) in [5.41, 5.74) is 4.20. The van der Waals surface area contributed by atoms with Crippen LogP contribution in [0.2, 0.25) is 0 Å². The quantitative estimate of drug-likeness (QED) is 0.440. The molecule has 0 bridgehead atoms. The van der Waals surface area contributed by atoms with Crippen LogP contribution in [0.25, 0.3) is 27.8 Å². The number of carboxylic acids is 1. The summed E-state index contributed by atoms with van der Waals surface area (Å²) < 4.78 is 0. The average Bonchev–Trinajstić information content (AvgIpc) is 2.60. The minimum absolute atomic E-state index is 0.301. The van der Waals surface area contributed by atoms with E-state index in [0.717, 1.165) is 23.6 Å². The Morgan fingerprint density at radius 3 is 2.62 bits per heavy atom. The van der Waals surface area contributed by atoms with Gasteiger partial charge in [-0.05, 0) is 62.6 Å². The zero-order valence-corrected chi connectivity index (χ0v) is 15.4. The van der Waals surface area contributed by atoms with Crippen molar-refractivity contribution in [2.75, 3.05) is 0 Å². The number of hydrogen-bond acceptors (Lipinski definition) is 2. The fraction of sp³-hybridized carbons (Fsp3) is 0.217. The fourth-order valence-corrected chi connectivity index (χ4v) is 3.18. The van der Waals surface area contributed by atoms with Gasteiger partial charge in [0, 0.05) is 5.39 Å². The first kappa shape index (κ1) is 17.9. The van der Waals surface area contributed by atoms with Crippen LogP contribution < -0.4 is 0 Å². The standard InChI is InChI=1S/C23H23NO2/c1-15(2)7-6-8-16(3)13-18-14-20(23(25)26)22-19-10-5-4-9-17(19)11-12-21(22)24-18/h4-5,7,9-14H,6,8H2,1-3H3,(H,25,26)/b16-13+. The molecule has 2 aromatic carbocycles. The lowest BCUT2D eigenvalue weighted by Gasteiger charge is -2.09. The average molecular weight is 345 g/mol. The lowest BCUT2D eigenvalue weighted by molar-refractivity contribution is 0.0699. The molecule has 0 aliphatic rings. The molecular weight excluding hydrogens is 322 g/mol. The van der Waals surface area contributed by atoms with Crippen molar-refractivity contribution in [2.24, 2.45) is 0 Å². The predicted octanol–water partition coefficient (Wildman–Crippen LogP) is 6.24. The second-order valence-electron chi connectivity index (χ2n) is 6.89. The SMILES string of the molecule is CC(C)=CCC/C(C)=C/c1cc(C(=O)O)c2c(ccc3ccccc32)n1. The Balaban J connectivity index is 2.10. The number of benzene rings is 2. The first-order valence-electron chi connectivity index (χ1n) is 8.82. The highest BCUT2D eigenvalue weighted by molar-refractivity contribution is 6.15. The third kappa shape index (κ3) is 3.83. The van der Waals surface area contributed by atoms with Crippen molar-refractivity contribution in [3.63, 3.8) is 0 Å². The Labute approximate surface area is 153 Å². The Morgan fingerprint density at radius 1 is 1.12 bits per heavy atom. The lowest BCUT2D eigenvalue weighted by Crippen LogP contribution is -2.01. The molecule has 0 saturated carbocycles. The molecule has 3 rings (SSSR count). The summed E-state index contributed by atoms with van der Waals surface area (Å²) in [6.07, 6.45) is 6.11. The minimum Gasteiger partial charge on any atom is -0.478 e. The van der Waals surface area contributed by atoms with Gasteiger partial charge in [0.05, 0.1) is 16.8 Å². The van der Waals surface area contributed by atoms with Crippen LogP contribution in [0.4, 0.5) is 0 Å². The molecule has 0 unspecified atom stereocenters. The molecule has 0 spiro atoms. The van der Waals surface area contributed by atoms with Crippen LogP contribution in [-0.4, -0.2) is 16.1 Å². The number of rotatable bonds is 5. The molecule has 132 valence electrons. The number of aromatic nitrogens is 1. The van der Waals surface area contributed by atoms with Gasteiger partial charge in [0.1, 0.15) is 0 Å². The van der Waals surface area contributed by atoms with E-state index in [2.05, 4.69) is 26.8 Å². The Morgan fingerprint density at radius 2 is 1.88 bits per heavy atom. The highest BCUT2D eigenvalue weighted by atomic mass is 16.4. The van der Waals surface area contributed by atoms with Crippen molar-refractivity contribution in [3.05, 3.63) is 70.9 Å². The second-order valence-corrected chi connectivity index (χ2v) is 6.89. The number of carbonyl (C=O) groups is 1. The third-order valence-electron chi connectivity index (χ3n) is 4.43. The largest absolute Gasteiger partial charge is 0.478 e. The van der Waals surface area contributed by atoms with Gasteiger partial charge in [-0.15, -0.1) is 0 Å². The van der Waals surface area contributed by atoms with Crippen molar-refractivity contribution < 1.29 is 9.90 Å². The molecule has 0 atom stereocenters. The van der Waals surface area contributed by atoms with Crippen LogP contribution in [0.5, 0.6) is 0 Å². The monoisotopic (exact) mass is 345 g/mol. The van der Waals surface area contributed by atoms with E-state index in [1.807, 2.05) is 42.5 Å². The number of carboxylic acid groups (broad SMARTS) is 1. The van der Waals surface area contributed by atoms with Crippen LogP contribution in [0, 0.1) is 0 Å². The minimum atomic E-state index is -0.925. The van der Waals surface area contributed by atoms with Crippen LogP contribution in [0.3, 0.4) is 0 Å². The number of nitrogens with zero attached hydrogens (tertiary/aromatic N) is 1. The summed E-state index contributed by atoms with van der Waals surface area (Å²) >= 11 is 0. The van der Waals surface area contributed by atoms with Gasteiger partial charge in [-0.1, -0.05) is 47.6 Å². The molecule has 3 heteroatoms. The maximum absolute atomic E-state index is 11.9. The van der Waals surface area contributed by atoms with Gasteiger partial charge in [0.15, 0.2) is 0 Å². The molecule has 0 saturated heterocycles. The van der Waals surface area contributed by atoms with Crippen molar-refractivity contribution in [1.29, 1.82) is 0 Å². The normalized spacial score (nSPS) is 11.7. The van der Waals surface area contributed by atoms with Crippen LogP contribution in [0.15, 0.2) is 59.7 Å². The maximum atomic E-state index is 11.9. The highest BCUT2D eigenvalue weighted by Crippen LogP contribution is 2.28. The van der Waals surface area contributed by atoms with Gasteiger partial charge in [-0.3, -0.25) is 0 Å². The number of allylic oxidation sites excluding steroid dienone is 3. The molecule has 0 fully saturated rings. The zero-order chi connectivity index (χ0) is 18.7. The van der Waals surface area contributed by atoms with E-state index >= 15 is 0 Å². The fourth-order valence-electron chi connectivity index (χ4n) is 3.18. The summed E-state index contributed by atoms with van der Waals surface area (Å²) in [6, 6.07) is 13.4. The predicted molar refractivity (Wildman–Crippen MR) is 109 cm³/mol. The second kappa shape index (κ2) is 7.52. The third-order valence-corrected chi connectivity index (χ3v) is 4.43. The number of hydrogen-bond donors (Lipinski definition) is 1. The Kier molecular flexibility index (Phi) is 5.17. The molecule has 0 aliphatic heterocycles. The highest BCUT2D eigenvalue weighted by Gasteiger charge is 2.14. The number of aromatic carboxylic acids is 1. The Hall–Kier alpha value is -2.94. The van der Waals surface area contributed by atoms with E-state index in [4.69, 9.17) is 4.98 Å². The van der Waals surface area contributed by atoms with Gasteiger partial charge >= 0.3 is 5.97 Å². The van der Waals surface area contributed by atoms with E-state index in [1.54, 1.807) is 6.07 Å². The van der Waals surface area contributed by atoms with E-state index in [0.29, 0.717) is 22.2 Å². The van der Waals surface area contributed by atoms with Gasteiger partial charge in [-0.2, -0.15) is 0 Å². The molecule has 1 heterocycles. The topological polar surface area (TPSA) is 50.2 Å². The smallest absolute Gasteiger partial charge is 0.336 e. The van der Waals surface area contributed by atoms with E-state index in [1.165, 1.54) is 11.1 Å². The van der Waals surface area contributed by atoms with Crippen molar-refractivity contribution >= 4 is 33.7 Å². The van der Waals surface area contributed by atoms with E-state index in [-0.39, 0.29) is 0 Å². The van der Waals surface area contributed by atoms with Gasteiger partial charge in [0.25, 0.3) is 0 Å². The molecule has 26 heavy (non-hydrogen) atoms. The number of fused-ring (bicyclic) bond motifs is 3. The molecule has 3 aromatic rings. The van der Waals surface area contributed by atoms with Crippen LogP contribution >= 0.6 is 0 Å². The Bertz CT molecular complexity index is 1040. The summed E-state index contributed by atoms with van der Waals surface area (Å²) in [4.78, 5) is 16.6. The summed E-state index contributed by atoms with van der Waals surface area (Å²) in [5, 5.41) is 12.4. The van der Waals surface area contributed by atoms with Gasteiger partial charge in [0.2, 0.25) is 0 Å². The van der Waals surface area contributed by atoms with Gasteiger partial charge in [-0.25, -0.2) is 9.78 Å². The molecule has 1 aromatic heterocycles. The van der Waals surface area contributed by atoms with E-state index < -0.39 is 5.97 Å². The van der Waals surface area contributed by atoms with Crippen LogP contribution in [0.1, 0.15) is 49.7 Å². The first-order chi connectivity index (χ1) is 12.5. The van der Waals surface area contributed by atoms with E-state index in [9.17, 15) is 9.90 Å². The molecule has 0 radical (unpaired) electrons.